The number of rotatable bonds is 8. The van der Waals surface area contributed by atoms with Gasteiger partial charge in [-0.15, -0.1) is 0 Å². The topological polar surface area (TPSA) is 55.8 Å². The first-order valence-corrected chi connectivity index (χ1v) is 8.12. The molecule has 124 valence electrons. The summed E-state index contributed by atoms with van der Waals surface area (Å²) in [5.74, 6) is -1.78. The second-order valence-electron chi connectivity index (χ2n) is 4.90. The molecule has 1 atom stereocenters. The molecular weight excluding hydrogens is 327 g/mol. The van der Waals surface area contributed by atoms with Gasteiger partial charge in [-0.25, -0.2) is 0 Å². The molecule has 0 unspecified atom stereocenters. The van der Waals surface area contributed by atoms with Crippen molar-refractivity contribution in [3.05, 3.63) is 33.8 Å². The van der Waals surface area contributed by atoms with Gasteiger partial charge in [0.25, 0.3) is 0 Å². The minimum absolute atomic E-state index is 0.0698. The first-order chi connectivity index (χ1) is 10.4. The fourth-order valence-electron chi connectivity index (χ4n) is 2.07. The molecule has 0 aromatic heterocycles. The Balaban J connectivity index is 3.13. The molecule has 0 radical (unpaired) electrons. The van der Waals surface area contributed by atoms with Gasteiger partial charge in [0, 0.05) is 15.6 Å². The van der Waals surface area contributed by atoms with Crippen LogP contribution in [0.4, 0.5) is 0 Å². The minimum atomic E-state index is -1.35. The van der Waals surface area contributed by atoms with Crippen molar-refractivity contribution in [3.8, 4) is 0 Å². The lowest BCUT2D eigenvalue weighted by Crippen LogP contribution is -2.33. The standard InChI is InChI=1S/C16H22Cl2O4/c1-4-16(20,5-2)22-13(10-14(19)21-6-3)15-11(17)8-7-9-12(15)18/h7-9,13,20H,4-6,10H2,1-3H3/t13-/m1/s1. The minimum Gasteiger partial charge on any atom is -0.466 e. The Morgan fingerprint density at radius 2 is 1.77 bits per heavy atom. The summed E-state index contributed by atoms with van der Waals surface area (Å²) in [6, 6.07) is 5.05. The van der Waals surface area contributed by atoms with E-state index in [1.165, 1.54) is 0 Å². The zero-order valence-electron chi connectivity index (χ0n) is 13.1. The van der Waals surface area contributed by atoms with E-state index >= 15 is 0 Å². The van der Waals surface area contributed by atoms with Crippen LogP contribution in [0.1, 0.15) is 51.7 Å². The van der Waals surface area contributed by atoms with E-state index in [0.29, 0.717) is 28.5 Å². The number of benzene rings is 1. The van der Waals surface area contributed by atoms with Gasteiger partial charge in [-0.05, 0) is 31.9 Å². The molecule has 1 rings (SSSR count). The van der Waals surface area contributed by atoms with Gasteiger partial charge in [0.05, 0.1) is 19.1 Å². The zero-order chi connectivity index (χ0) is 16.8. The Morgan fingerprint density at radius 1 is 1.23 bits per heavy atom. The van der Waals surface area contributed by atoms with Crippen molar-refractivity contribution in [1.82, 2.24) is 0 Å². The number of aliphatic hydroxyl groups is 1. The highest BCUT2D eigenvalue weighted by atomic mass is 35.5. The van der Waals surface area contributed by atoms with Crippen molar-refractivity contribution < 1.29 is 19.4 Å². The summed E-state index contributed by atoms with van der Waals surface area (Å²) in [6.45, 7) is 5.61. The van der Waals surface area contributed by atoms with Crippen molar-refractivity contribution >= 4 is 29.2 Å². The van der Waals surface area contributed by atoms with Crippen molar-refractivity contribution in [2.24, 2.45) is 0 Å². The monoisotopic (exact) mass is 348 g/mol. The first-order valence-electron chi connectivity index (χ1n) is 7.36. The molecule has 0 fully saturated rings. The molecule has 0 bridgehead atoms. The van der Waals surface area contributed by atoms with E-state index in [1.54, 1.807) is 39.0 Å². The second kappa shape index (κ2) is 8.73. The van der Waals surface area contributed by atoms with Crippen LogP contribution >= 0.6 is 23.2 Å². The van der Waals surface area contributed by atoms with Gasteiger partial charge in [0.2, 0.25) is 0 Å². The Bertz CT molecular complexity index is 481. The van der Waals surface area contributed by atoms with Crippen molar-refractivity contribution in [1.29, 1.82) is 0 Å². The number of carbonyl (C=O) groups is 1. The third-order valence-corrected chi connectivity index (χ3v) is 4.10. The maximum Gasteiger partial charge on any atom is 0.308 e. The van der Waals surface area contributed by atoms with Crippen molar-refractivity contribution in [2.45, 2.75) is 51.9 Å². The van der Waals surface area contributed by atoms with E-state index in [-0.39, 0.29) is 13.0 Å². The smallest absolute Gasteiger partial charge is 0.308 e. The molecule has 0 saturated heterocycles. The lowest BCUT2D eigenvalue weighted by Gasteiger charge is -2.31. The van der Waals surface area contributed by atoms with Crippen LogP contribution in [0.25, 0.3) is 0 Å². The Morgan fingerprint density at radius 3 is 2.23 bits per heavy atom. The average Bonchev–Trinajstić information content (AvgIpc) is 2.47. The molecule has 4 nitrogen and oxygen atoms in total. The van der Waals surface area contributed by atoms with Crippen molar-refractivity contribution in [2.75, 3.05) is 6.61 Å². The summed E-state index contributed by atoms with van der Waals surface area (Å²) >= 11 is 12.4. The van der Waals surface area contributed by atoms with Gasteiger partial charge in [-0.2, -0.15) is 0 Å². The zero-order valence-corrected chi connectivity index (χ0v) is 14.6. The SMILES string of the molecule is CCOC(=O)C[C@@H](OC(O)(CC)CC)c1c(Cl)cccc1Cl. The molecule has 0 spiro atoms. The van der Waals surface area contributed by atoms with Crippen LogP contribution in [0, 0.1) is 0 Å². The van der Waals surface area contributed by atoms with Gasteiger partial charge in [0.15, 0.2) is 5.79 Å². The van der Waals surface area contributed by atoms with Crippen LogP contribution in [0.2, 0.25) is 10.0 Å². The predicted octanol–water partition coefficient (Wildman–Crippen LogP) is 4.51. The van der Waals surface area contributed by atoms with Gasteiger partial charge >= 0.3 is 5.97 Å². The molecule has 0 amide bonds. The summed E-state index contributed by atoms with van der Waals surface area (Å²) in [5.41, 5.74) is 0.485. The highest BCUT2D eigenvalue weighted by Crippen LogP contribution is 2.37. The maximum absolute atomic E-state index is 11.8. The normalized spacial score (nSPS) is 13.0. The van der Waals surface area contributed by atoms with Crippen LogP contribution in [-0.4, -0.2) is 23.5 Å². The molecule has 0 aliphatic rings. The van der Waals surface area contributed by atoms with Crippen LogP contribution in [-0.2, 0) is 14.3 Å². The molecular formula is C16H22Cl2O4. The third-order valence-electron chi connectivity index (χ3n) is 3.45. The van der Waals surface area contributed by atoms with E-state index < -0.39 is 17.9 Å². The fourth-order valence-corrected chi connectivity index (χ4v) is 2.71. The molecule has 1 N–H and O–H groups in total. The van der Waals surface area contributed by atoms with Crippen LogP contribution in [0.15, 0.2) is 18.2 Å². The highest BCUT2D eigenvalue weighted by Gasteiger charge is 2.32. The van der Waals surface area contributed by atoms with E-state index in [4.69, 9.17) is 32.7 Å². The summed E-state index contributed by atoms with van der Waals surface area (Å²) in [6.07, 6.45) is -0.0831. The van der Waals surface area contributed by atoms with Crippen molar-refractivity contribution in [3.63, 3.8) is 0 Å². The number of hydrogen-bond acceptors (Lipinski definition) is 4. The number of ether oxygens (including phenoxy) is 2. The summed E-state index contributed by atoms with van der Waals surface area (Å²) < 4.78 is 10.8. The molecule has 1 aromatic carbocycles. The molecule has 22 heavy (non-hydrogen) atoms. The van der Waals surface area contributed by atoms with E-state index in [9.17, 15) is 9.90 Å². The largest absolute Gasteiger partial charge is 0.466 e. The number of carbonyl (C=O) groups excluding carboxylic acids is 1. The van der Waals surface area contributed by atoms with E-state index in [1.807, 2.05) is 0 Å². The molecule has 0 aliphatic heterocycles. The first kappa shape index (κ1) is 19.2. The van der Waals surface area contributed by atoms with Gasteiger partial charge in [-0.3, -0.25) is 4.79 Å². The summed E-state index contributed by atoms with van der Waals surface area (Å²) in [5, 5.41) is 11.2. The van der Waals surface area contributed by atoms with Crippen LogP contribution < -0.4 is 0 Å². The van der Waals surface area contributed by atoms with Crippen LogP contribution in [0.3, 0.4) is 0 Å². The lowest BCUT2D eigenvalue weighted by atomic mass is 10.0. The molecule has 0 saturated carbocycles. The highest BCUT2D eigenvalue weighted by molar-refractivity contribution is 6.36. The second-order valence-corrected chi connectivity index (χ2v) is 5.72. The van der Waals surface area contributed by atoms with Gasteiger partial charge in [-0.1, -0.05) is 43.1 Å². The number of halogens is 2. The van der Waals surface area contributed by atoms with Gasteiger partial charge in [0.1, 0.15) is 0 Å². The molecule has 1 aromatic rings. The molecule has 0 heterocycles. The quantitative estimate of drug-likeness (QED) is 0.554. The Hall–Kier alpha value is -0.810. The maximum atomic E-state index is 11.8. The number of hydrogen-bond donors (Lipinski definition) is 1. The third kappa shape index (κ3) is 5.13. The lowest BCUT2D eigenvalue weighted by molar-refractivity contribution is -0.237. The summed E-state index contributed by atoms with van der Waals surface area (Å²) in [4.78, 5) is 11.8. The summed E-state index contributed by atoms with van der Waals surface area (Å²) in [7, 11) is 0. The fraction of sp³-hybridized carbons (Fsp3) is 0.562. The van der Waals surface area contributed by atoms with E-state index in [0.717, 1.165) is 0 Å². The number of esters is 1. The Kier molecular flexibility index (Phi) is 7.63. The van der Waals surface area contributed by atoms with Crippen LogP contribution in [0.5, 0.6) is 0 Å². The predicted molar refractivity (Wildman–Crippen MR) is 87.1 cm³/mol. The Labute approximate surface area is 141 Å². The molecule has 0 aliphatic carbocycles. The average molecular weight is 349 g/mol. The van der Waals surface area contributed by atoms with E-state index in [2.05, 4.69) is 0 Å². The van der Waals surface area contributed by atoms with Gasteiger partial charge < -0.3 is 14.6 Å². The molecule has 6 heteroatoms.